The average Bonchev–Trinajstić information content (AvgIpc) is 2.84. The van der Waals surface area contributed by atoms with E-state index in [0.717, 1.165) is 24.2 Å². The maximum atomic E-state index is 12.7. The predicted molar refractivity (Wildman–Crippen MR) is 126 cm³/mol. The van der Waals surface area contributed by atoms with E-state index in [0.29, 0.717) is 43.1 Å². The molecular weight excluding hydrogens is 438 g/mol. The highest BCUT2D eigenvalue weighted by Crippen LogP contribution is 2.35. The Bertz CT molecular complexity index is 1030. The highest BCUT2D eigenvalue weighted by atomic mass is 16.5. The molecule has 2 aromatic carbocycles. The maximum absolute atomic E-state index is 12.7. The van der Waals surface area contributed by atoms with Gasteiger partial charge in [0.15, 0.2) is 0 Å². The number of hydrazone groups is 1. The van der Waals surface area contributed by atoms with Crippen LogP contribution in [0.5, 0.6) is 5.75 Å². The van der Waals surface area contributed by atoms with Crippen molar-refractivity contribution in [3.8, 4) is 5.75 Å². The molecule has 2 aliphatic heterocycles. The molecule has 9 nitrogen and oxygen atoms in total. The molecule has 2 atom stereocenters. The van der Waals surface area contributed by atoms with Gasteiger partial charge in [-0.2, -0.15) is 5.10 Å². The molecule has 0 saturated carbocycles. The summed E-state index contributed by atoms with van der Waals surface area (Å²) in [5.41, 5.74) is 2.87. The molecule has 0 radical (unpaired) electrons. The maximum Gasteiger partial charge on any atom is 0.303 e. The monoisotopic (exact) mass is 467 g/mol. The number of carbonyl (C=O) groups is 2. The number of fused-ring (bicyclic) bond motifs is 1. The number of nitrogens with zero attached hydrogens (tertiary/aromatic N) is 2. The summed E-state index contributed by atoms with van der Waals surface area (Å²) in [6.07, 6.45) is 2.27. The quantitative estimate of drug-likeness (QED) is 0.510. The van der Waals surface area contributed by atoms with Gasteiger partial charge in [-0.05, 0) is 47.9 Å². The third-order valence-electron chi connectivity index (χ3n) is 5.99. The molecule has 2 aliphatic rings. The first kappa shape index (κ1) is 23.7. The van der Waals surface area contributed by atoms with E-state index in [1.54, 1.807) is 30.5 Å². The number of morpholine rings is 1. The Balaban J connectivity index is 1.39. The molecule has 2 aromatic rings. The number of carbonyl (C=O) groups excluding carboxylic acids is 1. The van der Waals surface area contributed by atoms with Crippen LogP contribution in [0.2, 0.25) is 0 Å². The zero-order valence-corrected chi connectivity index (χ0v) is 18.9. The van der Waals surface area contributed by atoms with E-state index in [9.17, 15) is 19.8 Å². The lowest BCUT2D eigenvalue weighted by Gasteiger charge is -2.33. The number of amides is 1. The Kier molecular flexibility index (Phi) is 7.76. The van der Waals surface area contributed by atoms with E-state index in [1.807, 2.05) is 23.2 Å². The van der Waals surface area contributed by atoms with Crippen molar-refractivity contribution < 1.29 is 29.3 Å². The highest BCUT2D eigenvalue weighted by Gasteiger charge is 2.31. The largest absolute Gasteiger partial charge is 0.490 e. The number of carboxylic acids is 1. The smallest absolute Gasteiger partial charge is 0.303 e. The van der Waals surface area contributed by atoms with Gasteiger partial charge in [0, 0.05) is 30.2 Å². The van der Waals surface area contributed by atoms with E-state index in [4.69, 9.17) is 9.47 Å². The Labute approximate surface area is 198 Å². The second kappa shape index (κ2) is 11.1. The lowest BCUT2D eigenvalue weighted by atomic mass is 9.86. The number of aliphatic carboxylic acids is 1. The van der Waals surface area contributed by atoms with Gasteiger partial charge in [-0.1, -0.05) is 12.1 Å². The molecule has 1 saturated heterocycles. The SMILES string of the molecule is O=C(O)CC1Cc2cc(NC(=O)c3ccc(C=NN4CCOCC4)cc3)ccc2OC1CCO. The minimum atomic E-state index is -0.900. The van der Waals surface area contributed by atoms with Gasteiger partial charge in [-0.15, -0.1) is 0 Å². The first-order chi connectivity index (χ1) is 16.5. The topological polar surface area (TPSA) is 121 Å². The van der Waals surface area contributed by atoms with E-state index in [2.05, 4.69) is 10.4 Å². The lowest BCUT2D eigenvalue weighted by Crippen LogP contribution is -2.35. The van der Waals surface area contributed by atoms with Crippen LogP contribution in [0, 0.1) is 5.92 Å². The van der Waals surface area contributed by atoms with Gasteiger partial charge in [0.25, 0.3) is 5.91 Å². The molecule has 0 aliphatic carbocycles. The number of rotatable bonds is 8. The van der Waals surface area contributed by atoms with Gasteiger partial charge in [0.05, 0.1) is 38.9 Å². The number of ether oxygens (including phenoxy) is 2. The molecule has 2 heterocycles. The molecule has 1 fully saturated rings. The van der Waals surface area contributed by atoms with Gasteiger partial charge < -0.3 is 25.0 Å². The molecule has 180 valence electrons. The number of hydrogen-bond donors (Lipinski definition) is 3. The summed E-state index contributed by atoms with van der Waals surface area (Å²) in [6, 6.07) is 12.5. The third-order valence-corrected chi connectivity index (χ3v) is 5.99. The highest BCUT2D eigenvalue weighted by molar-refractivity contribution is 6.04. The average molecular weight is 468 g/mol. The number of aliphatic hydroxyl groups is 1. The number of carboxylic acid groups (broad SMARTS) is 1. The number of anilines is 1. The second-order valence-electron chi connectivity index (χ2n) is 8.44. The van der Waals surface area contributed by atoms with Crippen LogP contribution in [0.4, 0.5) is 5.69 Å². The molecule has 0 bridgehead atoms. The van der Waals surface area contributed by atoms with Crippen molar-refractivity contribution in [2.24, 2.45) is 11.0 Å². The van der Waals surface area contributed by atoms with Gasteiger partial charge in [-0.3, -0.25) is 14.6 Å². The Morgan fingerprint density at radius 1 is 1.15 bits per heavy atom. The van der Waals surface area contributed by atoms with Crippen LogP contribution in [0.1, 0.15) is 34.3 Å². The van der Waals surface area contributed by atoms with Gasteiger partial charge in [0.2, 0.25) is 0 Å². The fourth-order valence-electron chi connectivity index (χ4n) is 4.20. The zero-order valence-electron chi connectivity index (χ0n) is 18.9. The van der Waals surface area contributed by atoms with Crippen molar-refractivity contribution in [3.05, 3.63) is 59.2 Å². The Morgan fingerprint density at radius 3 is 2.62 bits per heavy atom. The summed E-state index contributed by atoms with van der Waals surface area (Å²) >= 11 is 0. The van der Waals surface area contributed by atoms with Gasteiger partial charge in [-0.25, -0.2) is 0 Å². The fraction of sp³-hybridized carbons (Fsp3) is 0.400. The molecule has 4 rings (SSSR count). The summed E-state index contributed by atoms with van der Waals surface area (Å²) in [7, 11) is 0. The summed E-state index contributed by atoms with van der Waals surface area (Å²) in [5, 5.41) is 27.8. The van der Waals surface area contributed by atoms with Crippen LogP contribution < -0.4 is 10.1 Å². The van der Waals surface area contributed by atoms with Crippen molar-refractivity contribution in [1.82, 2.24) is 5.01 Å². The van der Waals surface area contributed by atoms with Crippen molar-refractivity contribution in [3.63, 3.8) is 0 Å². The number of nitrogens with one attached hydrogen (secondary N) is 1. The van der Waals surface area contributed by atoms with Crippen LogP contribution in [0.3, 0.4) is 0 Å². The van der Waals surface area contributed by atoms with E-state index in [-0.39, 0.29) is 31.0 Å². The first-order valence-corrected chi connectivity index (χ1v) is 11.4. The molecule has 0 aromatic heterocycles. The minimum Gasteiger partial charge on any atom is -0.490 e. The zero-order chi connectivity index (χ0) is 23.9. The molecule has 0 spiro atoms. The molecule has 34 heavy (non-hydrogen) atoms. The van der Waals surface area contributed by atoms with Crippen LogP contribution in [-0.2, 0) is 16.0 Å². The van der Waals surface area contributed by atoms with Crippen molar-refractivity contribution in [1.29, 1.82) is 0 Å². The molecule has 3 N–H and O–H groups in total. The predicted octanol–water partition coefficient (Wildman–Crippen LogP) is 2.38. The number of aliphatic hydroxyl groups excluding tert-OH is 1. The lowest BCUT2D eigenvalue weighted by molar-refractivity contribution is -0.139. The molecule has 2 unspecified atom stereocenters. The first-order valence-electron chi connectivity index (χ1n) is 11.4. The molecular formula is C25H29N3O6. The summed E-state index contributed by atoms with van der Waals surface area (Å²) in [5.74, 6) is -0.728. The van der Waals surface area contributed by atoms with Gasteiger partial charge in [0.1, 0.15) is 11.9 Å². The third kappa shape index (κ3) is 6.12. The fourth-order valence-corrected chi connectivity index (χ4v) is 4.20. The molecule has 1 amide bonds. The number of hydrogen-bond acceptors (Lipinski definition) is 7. The summed E-state index contributed by atoms with van der Waals surface area (Å²) < 4.78 is 11.3. The van der Waals surface area contributed by atoms with Crippen LogP contribution >= 0.6 is 0 Å². The normalized spacial score (nSPS) is 20.0. The van der Waals surface area contributed by atoms with Crippen molar-refractivity contribution in [2.45, 2.75) is 25.4 Å². The Morgan fingerprint density at radius 2 is 1.91 bits per heavy atom. The van der Waals surface area contributed by atoms with Crippen molar-refractivity contribution >= 4 is 23.8 Å². The van der Waals surface area contributed by atoms with Crippen LogP contribution in [-0.4, -0.2) is 72.3 Å². The van der Waals surface area contributed by atoms with E-state index in [1.165, 1.54) is 0 Å². The summed E-state index contributed by atoms with van der Waals surface area (Å²) in [6.45, 7) is 2.81. The standard InChI is InChI=1S/C25H29N3O6/c29-10-7-23-20(15-24(30)31)13-19-14-21(5-6-22(19)34-23)27-25(32)18-3-1-17(2-4-18)16-26-28-8-11-33-12-9-28/h1-6,14,16,20,23,29H,7-13,15H2,(H,27,32)(H,30,31). The summed E-state index contributed by atoms with van der Waals surface area (Å²) in [4.78, 5) is 24.0. The second-order valence-corrected chi connectivity index (χ2v) is 8.44. The van der Waals surface area contributed by atoms with Crippen molar-refractivity contribution in [2.75, 3.05) is 38.2 Å². The molecule has 9 heteroatoms. The van der Waals surface area contributed by atoms with Crippen LogP contribution in [0.15, 0.2) is 47.6 Å². The number of benzene rings is 2. The van der Waals surface area contributed by atoms with Gasteiger partial charge >= 0.3 is 5.97 Å². The van der Waals surface area contributed by atoms with E-state index >= 15 is 0 Å². The minimum absolute atomic E-state index is 0.0398. The Hall–Kier alpha value is -3.43. The van der Waals surface area contributed by atoms with E-state index < -0.39 is 5.97 Å². The van der Waals surface area contributed by atoms with Crippen LogP contribution in [0.25, 0.3) is 0 Å².